The summed E-state index contributed by atoms with van der Waals surface area (Å²) in [6.45, 7) is 10.7. The lowest BCUT2D eigenvalue weighted by Crippen LogP contribution is -2.45. The number of benzene rings is 1. The van der Waals surface area contributed by atoms with Crippen LogP contribution in [0.15, 0.2) is 24.3 Å². The maximum atomic E-state index is 13.0. The number of piperidine rings is 1. The fraction of sp³-hybridized carbons (Fsp3) is 0.619. The molecule has 4 nitrogen and oxygen atoms in total. The molecule has 2 aliphatic rings. The second-order valence-corrected chi connectivity index (χ2v) is 8.89. The molecular formula is C21H29FN2O2. The summed E-state index contributed by atoms with van der Waals surface area (Å²) in [6, 6.07) is 5.54. The Hall–Kier alpha value is -1.91. The number of halogens is 1. The summed E-state index contributed by atoms with van der Waals surface area (Å²) in [5, 5.41) is 2.93. The van der Waals surface area contributed by atoms with E-state index < -0.39 is 0 Å². The van der Waals surface area contributed by atoms with Crippen LogP contribution in [0.4, 0.5) is 4.39 Å². The van der Waals surface area contributed by atoms with Crippen molar-refractivity contribution in [2.75, 3.05) is 19.6 Å². The van der Waals surface area contributed by atoms with Crippen LogP contribution < -0.4 is 5.32 Å². The van der Waals surface area contributed by atoms with Crippen molar-refractivity contribution in [3.63, 3.8) is 0 Å². The first-order valence-electron chi connectivity index (χ1n) is 9.47. The van der Waals surface area contributed by atoms with Gasteiger partial charge >= 0.3 is 0 Å². The minimum atomic E-state index is -0.353. The molecule has 2 amide bonds. The number of hydrogen-bond acceptors (Lipinski definition) is 2. The molecule has 1 aromatic carbocycles. The summed E-state index contributed by atoms with van der Waals surface area (Å²) in [7, 11) is 0. The van der Waals surface area contributed by atoms with E-state index >= 15 is 0 Å². The second-order valence-electron chi connectivity index (χ2n) is 8.89. The Balaban J connectivity index is 1.53. The summed E-state index contributed by atoms with van der Waals surface area (Å²) in [6.07, 6.45) is 1.97. The van der Waals surface area contributed by atoms with Crippen LogP contribution in [0.1, 0.15) is 50.9 Å². The van der Waals surface area contributed by atoms with Crippen LogP contribution in [0.25, 0.3) is 0 Å². The van der Waals surface area contributed by atoms with Crippen molar-refractivity contribution in [1.29, 1.82) is 0 Å². The van der Waals surface area contributed by atoms with Crippen molar-refractivity contribution >= 4 is 11.8 Å². The fourth-order valence-corrected chi connectivity index (χ4v) is 4.37. The van der Waals surface area contributed by atoms with E-state index in [4.69, 9.17) is 0 Å². The van der Waals surface area contributed by atoms with Crippen LogP contribution in [-0.4, -0.2) is 36.3 Å². The highest BCUT2D eigenvalue weighted by molar-refractivity contribution is 5.94. The van der Waals surface area contributed by atoms with Gasteiger partial charge in [0.15, 0.2) is 0 Å². The molecule has 1 N–H and O–H groups in total. The number of carbonyl (C=O) groups excluding carboxylic acids is 2. The summed E-state index contributed by atoms with van der Waals surface area (Å²) in [5.74, 6) is 0.0611. The summed E-state index contributed by atoms with van der Waals surface area (Å²) in [5.41, 5.74) is 0.554. The van der Waals surface area contributed by atoms with E-state index in [9.17, 15) is 14.0 Å². The van der Waals surface area contributed by atoms with Gasteiger partial charge in [0.1, 0.15) is 5.82 Å². The van der Waals surface area contributed by atoms with Gasteiger partial charge in [-0.1, -0.05) is 27.7 Å². The van der Waals surface area contributed by atoms with Gasteiger partial charge in [-0.3, -0.25) is 9.59 Å². The van der Waals surface area contributed by atoms with E-state index in [0.29, 0.717) is 18.7 Å². The Morgan fingerprint density at radius 2 is 1.77 bits per heavy atom. The smallest absolute Gasteiger partial charge is 0.251 e. The van der Waals surface area contributed by atoms with E-state index in [1.54, 1.807) is 0 Å². The molecule has 1 atom stereocenters. The van der Waals surface area contributed by atoms with Crippen molar-refractivity contribution < 1.29 is 14.0 Å². The van der Waals surface area contributed by atoms with Crippen molar-refractivity contribution in [2.45, 2.75) is 40.5 Å². The maximum absolute atomic E-state index is 13.0. The molecular weight excluding hydrogens is 331 g/mol. The molecule has 26 heavy (non-hydrogen) atoms. The lowest BCUT2D eigenvalue weighted by atomic mass is 9.97. The Morgan fingerprint density at radius 1 is 1.15 bits per heavy atom. The number of amides is 2. The molecule has 1 aromatic rings. The second kappa shape index (κ2) is 6.67. The molecule has 3 rings (SSSR count). The van der Waals surface area contributed by atoms with Gasteiger partial charge in [-0.05, 0) is 53.9 Å². The standard InChI is InChI=1S/C21H29FN2O2/c1-20(2)17(21(20,3)4)19(26)24-11-5-6-14(13-24)12-23-18(25)15-7-9-16(22)10-8-15/h7-10,14,17H,5-6,11-13H2,1-4H3,(H,23,25). The highest BCUT2D eigenvalue weighted by Crippen LogP contribution is 2.68. The van der Waals surface area contributed by atoms with Gasteiger partial charge in [0.05, 0.1) is 0 Å². The van der Waals surface area contributed by atoms with Crippen LogP contribution in [0.2, 0.25) is 0 Å². The summed E-state index contributed by atoms with van der Waals surface area (Å²) in [4.78, 5) is 27.1. The molecule has 142 valence electrons. The molecule has 0 radical (unpaired) electrons. The van der Waals surface area contributed by atoms with Crippen LogP contribution in [0.5, 0.6) is 0 Å². The highest BCUT2D eigenvalue weighted by atomic mass is 19.1. The first-order chi connectivity index (χ1) is 12.1. The molecule has 1 unspecified atom stereocenters. The van der Waals surface area contributed by atoms with E-state index in [1.165, 1.54) is 24.3 Å². The van der Waals surface area contributed by atoms with E-state index in [1.807, 2.05) is 4.90 Å². The van der Waals surface area contributed by atoms with Gasteiger partial charge in [0.25, 0.3) is 5.91 Å². The van der Waals surface area contributed by atoms with E-state index in [0.717, 1.165) is 19.4 Å². The molecule has 2 fully saturated rings. The molecule has 0 bridgehead atoms. The molecule has 1 aliphatic heterocycles. The molecule has 1 saturated carbocycles. The van der Waals surface area contributed by atoms with Gasteiger partial charge < -0.3 is 10.2 Å². The average molecular weight is 360 g/mol. The number of nitrogens with zero attached hydrogens (tertiary/aromatic N) is 1. The molecule has 1 heterocycles. The number of carbonyl (C=O) groups is 2. The van der Waals surface area contributed by atoms with Gasteiger partial charge in [0.2, 0.25) is 5.91 Å². The van der Waals surface area contributed by atoms with Crippen LogP contribution in [-0.2, 0) is 4.79 Å². The first-order valence-corrected chi connectivity index (χ1v) is 9.47. The normalized spacial score (nSPS) is 24.2. The molecule has 5 heteroatoms. The molecule has 0 spiro atoms. The van der Waals surface area contributed by atoms with Crippen molar-refractivity contribution in [1.82, 2.24) is 10.2 Å². The third kappa shape index (κ3) is 3.36. The predicted molar refractivity (Wildman–Crippen MR) is 99.1 cm³/mol. The Bertz CT molecular complexity index is 682. The van der Waals surface area contributed by atoms with E-state index in [-0.39, 0.29) is 40.3 Å². The van der Waals surface area contributed by atoms with Crippen molar-refractivity contribution in [3.05, 3.63) is 35.6 Å². The molecule has 1 saturated heterocycles. The Morgan fingerprint density at radius 3 is 2.35 bits per heavy atom. The third-order valence-electron chi connectivity index (χ3n) is 6.76. The largest absolute Gasteiger partial charge is 0.352 e. The maximum Gasteiger partial charge on any atom is 0.251 e. The third-order valence-corrected chi connectivity index (χ3v) is 6.76. The number of hydrogen-bond donors (Lipinski definition) is 1. The average Bonchev–Trinajstić information content (AvgIpc) is 3.02. The lowest BCUT2D eigenvalue weighted by molar-refractivity contribution is -0.135. The minimum absolute atomic E-state index is 0.0494. The SMILES string of the molecule is CC1(C)C(C(=O)N2CCCC(CNC(=O)c3ccc(F)cc3)C2)C1(C)C. The zero-order valence-electron chi connectivity index (χ0n) is 16.1. The quantitative estimate of drug-likeness (QED) is 0.894. The van der Waals surface area contributed by atoms with Gasteiger partial charge in [-0.25, -0.2) is 4.39 Å². The number of likely N-dealkylation sites (tertiary alicyclic amines) is 1. The van der Waals surface area contributed by atoms with Crippen LogP contribution in [0, 0.1) is 28.5 Å². The number of nitrogens with one attached hydrogen (secondary N) is 1. The molecule has 0 aromatic heterocycles. The van der Waals surface area contributed by atoms with Crippen LogP contribution in [0.3, 0.4) is 0 Å². The van der Waals surface area contributed by atoms with Crippen LogP contribution >= 0.6 is 0 Å². The first kappa shape index (κ1) is 18.9. The zero-order chi connectivity index (χ0) is 19.1. The Labute approximate surface area is 155 Å². The fourth-order valence-electron chi connectivity index (χ4n) is 4.37. The Kier molecular flexibility index (Phi) is 4.84. The minimum Gasteiger partial charge on any atom is -0.352 e. The summed E-state index contributed by atoms with van der Waals surface area (Å²) < 4.78 is 13.0. The lowest BCUT2D eigenvalue weighted by Gasteiger charge is -2.33. The zero-order valence-corrected chi connectivity index (χ0v) is 16.1. The summed E-state index contributed by atoms with van der Waals surface area (Å²) >= 11 is 0. The highest BCUT2D eigenvalue weighted by Gasteiger charge is 2.68. The van der Waals surface area contributed by atoms with Gasteiger partial charge in [0, 0.05) is 31.1 Å². The van der Waals surface area contributed by atoms with Crippen molar-refractivity contribution in [2.24, 2.45) is 22.7 Å². The number of rotatable bonds is 4. The van der Waals surface area contributed by atoms with Gasteiger partial charge in [-0.15, -0.1) is 0 Å². The monoisotopic (exact) mass is 360 g/mol. The predicted octanol–water partition coefficient (Wildman–Crippen LogP) is 3.48. The molecule has 1 aliphatic carbocycles. The topological polar surface area (TPSA) is 49.4 Å². The van der Waals surface area contributed by atoms with E-state index in [2.05, 4.69) is 33.0 Å². The van der Waals surface area contributed by atoms with Gasteiger partial charge in [-0.2, -0.15) is 0 Å². The van der Waals surface area contributed by atoms with Crippen molar-refractivity contribution in [3.8, 4) is 0 Å².